The monoisotopic (exact) mass is 391 g/mol. The Morgan fingerprint density at radius 2 is 1.86 bits per heavy atom. The van der Waals surface area contributed by atoms with Crippen LogP contribution in [0.1, 0.15) is 45.1 Å². The van der Waals surface area contributed by atoms with Gasteiger partial charge in [0.1, 0.15) is 0 Å². The number of methoxy groups -OCH3 is 1. The van der Waals surface area contributed by atoms with E-state index < -0.39 is 0 Å². The highest BCUT2D eigenvalue weighted by Gasteiger charge is 2.36. The minimum Gasteiger partial charge on any atom is -0.490 e. The van der Waals surface area contributed by atoms with Crippen molar-refractivity contribution >= 4 is 5.96 Å². The van der Waals surface area contributed by atoms with Crippen molar-refractivity contribution in [2.45, 2.75) is 46.0 Å². The Morgan fingerprint density at radius 1 is 1.11 bits per heavy atom. The van der Waals surface area contributed by atoms with Crippen molar-refractivity contribution in [3.05, 3.63) is 23.8 Å². The van der Waals surface area contributed by atoms with E-state index in [1.165, 1.54) is 24.8 Å². The molecule has 0 atom stereocenters. The van der Waals surface area contributed by atoms with Gasteiger partial charge in [-0.05, 0) is 62.6 Å². The first-order valence-corrected chi connectivity index (χ1v) is 10.5. The standard InChI is InChI=1S/C22H37N3O3/c1-5-27-19-9-8-18(16-20(19)28-6-2)10-14-24-21(23-3)25-17-22(11-7-12-22)13-15-26-4/h8-9,16H,5-7,10-15,17H2,1-4H3,(H2,23,24,25). The molecule has 28 heavy (non-hydrogen) atoms. The number of benzene rings is 1. The summed E-state index contributed by atoms with van der Waals surface area (Å²) in [5, 5.41) is 6.93. The summed E-state index contributed by atoms with van der Waals surface area (Å²) in [4.78, 5) is 4.36. The van der Waals surface area contributed by atoms with Crippen molar-refractivity contribution in [1.29, 1.82) is 0 Å². The van der Waals surface area contributed by atoms with Crippen LogP contribution in [-0.4, -0.2) is 53.0 Å². The second kappa shape index (κ2) is 11.8. The number of hydrogen-bond donors (Lipinski definition) is 2. The van der Waals surface area contributed by atoms with Crippen molar-refractivity contribution in [3.8, 4) is 11.5 Å². The molecule has 0 spiro atoms. The molecular formula is C22H37N3O3. The number of aliphatic imine (C=N–C) groups is 1. The van der Waals surface area contributed by atoms with Gasteiger partial charge in [0.05, 0.1) is 13.2 Å². The summed E-state index contributed by atoms with van der Waals surface area (Å²) < 4.78 is 16.6. The van der Waals surface area contributed by atoms with Gasteiger partial charge in [-0.1, -0.05) is 12.5 Å². The van der Waals surface area contributed by atoms with Gasteiger partial charge >= 0.3 is 0 Å². The number of ether oxygens (including phenoxy) is 3. The molecule has 1 aliphatic carbocycles. The lowest BCUT2D eigenvalue weighted by atomic mass is 9.67. The summed E-state index contributed by atoms with van der Waals surface area (Å²) in [5.74, 6) is 2.48. The van der Waals surface area contributed by atoms with E-state index in [1.807, 2.05) is 27.0 Å². The van der Waals surface area contributed by atoms with Gasteiger partial charge in [0, 0.05) is 33.9 Å². The maximum Gasteiger partial charge on any atom is 0.191 e. The second-order valence-corrected chi connectivity index (χ2v) is 7.35. The summed E-state index contributed by atoms with van der Waals surface area (Å²) >= 11 is 0. The van der Waals surface area contributed by atoms with Crippen LogP contribution in [0.4, 0.5) is 0 Å². The molecule has 2 N–H and O–H groups in total. The highest BCUT2D eigenvalue weighted by molar-refractivity contribution is 5.79. The van der Waals surface area contributed by atoms with Crippen molar-refractivity contribution in [3.63, 3.8) is 0 Å². The fourth-order valence-corrected chi connectivity index (χ4v) is 3.58. The second-order valence-electron chi connectivity index (χ2n) is 7.35. The summed E-state index contributed by atoms with van der Waals surface area (Å²) in [7, 11) is 3.60. The molecule has 0 aliphatic heterocycles. The first-order chi connectivity index (χ1) is 13.7. The van der Waals surface area contributed by atoms with Crippen LogP contribution in [0.15, 0.2) is 23.2 Å². The Bertz CT molecular complexity index is 615. The third-order valence-corrected chi connectivity index (χ3v) is 5.42. The molecule has 0 aromatic heterocycles. The minimum atomic E-state index is 0.370. The van der Waals surface area contributed by atoms with Gasteiger partial charge in [-0.3, -0.25) is 4.99 Å². The molecule has 0 radical (unpaired) electrons. The number of hydrogen-bond acceptors (Lipinski definition) is 4. The van der Waals surface area contributed by atoms with Crippen LogP contribution in [0.25, 0.3) is 0 Å². The summed E-state index contributed by atoms with van der Waals surface area (Å²) in [6.45, 7) is 7.82. The average molecular weight is 392 g/mol. The van der Waals surface area contributed by atoms with Crippen LogP contribution >= 0.6 is 0 Å². The number of nitrogens with zero attached hydrogens (tertiary/aromatic N) is 1. The van der Waals surface area contributed by atoms with Gasteiger partial charge in [0.25, 0.3) is 0 Å². The maximum absolute atomic E-state index is 5.71. The molecule has 2 rings (SSSR count). The van der Waals surface area contributed by atoms with E-state index in [0.717, 1.165) is 50.0 Å². The molecule has 6 nitrogen and oxygen atoms in total. The number of guanidine groups is 1. The molecule has 0 heterocycles. The summed E-state index contributed by atoms with van der Waals surface area (Å²) in [5.41, 5.74) is 1.58. The van der Waals surface area contributed by atoms with Gasteiger partial charge in [-0.25, -0.2) is 0 Å². The quantitative estimate of drug-likeness (QED) is 0.422. The highest BCUT2D eigenvalue weighted by Crippen LogP contribution is 2.43. The average Bonchev–Trinajstić information content (AvgIpc) is 2.67. The molecule has 158 valence electrons. The third-order valence-electron chi connectivity index (χ3n) is 5.42. The minimum absolute atomic E-state index is 0.370. The maximum atomic E-state index is 5.71. The Balaban J connectivity index is 1.81. The van der Waals surface area contributed by atoms with E-state index >= 15 is 0 Å². The Kier molecular flexibility index (Phi) is 9.41. The predicted molar refractivity (Wildman–Crippen MR) is 115 cm³/mol. The van der Waals surface area contributed by atoms with Crippen molar-refractivity contribution in [2.24, 2.45) is 10.4 Å². The topological polar surface area (TPSA) is 64.1 Å². The van der Waals surface area contributed by atoms with Crippen LogP contribution in [0.5, 0.6) is 11.5 Å². The van der Waals surface area contributed by atoms with E-state index in [0.29, 0.717) is 18.6 Å². The SMILES string of the molecule is CCOc1ccc(CCNC(=NC)NCC2(CCOC)CCC2)cc1OCC. The molecule has 1 saturated carbocycles. The van der Waals surface area contributed by atoms with Crippen molar-refractivity contribution in [2.75, 3.05) is 47.1 Å². The first kappa shape index (κ1) is 22.3. The molecule has 1 aromatic carbocycles. The lowest BCUT2D eigenvalue weighted by molar-refractivity contribution is 0.0732. The van der Waals surface area contributed by atoms with Gasteiger partial charge < -0.3 is 24.8 Å². The van der Waals surface area contributed by atoms with Gasteiger partial charge in [-0.15, -0.1) is 0 Å². The molecule has 0 unspecified atom stereocenters. The fourth-order valence-electron chi connectivity index (χ4n) is 3.58. The van der Waals surface area contributed by atoms with E-state index in [2.05, 4.69) is 27.8 Å². The molecule has 1 aliphatic rings. The van der Waals surface area contributed by atoms with E-state index in [-0.39, 0.29) is 0 Å². The Hall–Kier alpha value is -1.95. The first-order valence-electron chi connectivity index (χ1n) is 10.5. The lowest BCUT2D eigenvalue weighted by Crippen LogP contribution is -2.47. The molecule has 0 bridgehead atoms. The zero-order valence-corrected chi connectivity index (χ0v) is 18.0. The van der Waals surface area contributed by atoms with E-state index in [1.54, 1.807) is 7.11 Å². The van der Waals surface area contributed by atoms with E-state index in [4.69, 9.17) is 14.2 Å². The van der Waals surface area contributed by atoms with Crippen LogP contribution in [0.2, 0.25) is 0 Å². The van der Waals surface area contributed by atoms with Crippen molar-refractivity contribution in [1.82, 2.24) is 10.6 Å². The summed E-state index contributed by atoms with van der Waals surface area (Å²) in [6, 6.07) is 6.16. The Morgan fingerprint density at radius 3 is 2.46 bits per heavy atom. The normalized spacial score (nSPS) is 15.6. The fraction of sp³-hybridized carbons (Fsp3) is 0.682. The third kappa shape index (κ3) is 6.59. The molecular weight excluding hydrogens is 354 g/mol. The largest absolute Gasteiger partial charge is 0.490 e. The van der Waals surface area contributed by atoms with Crippen LogP contribution < -0.4 is 20.1 Å². The Labute approximate surface area is 170 Å². The molecule has 6 heteroatoms. The number of rotatable bonds is 12. The highest BCUT2D eigenvalue weighted by atomic mass is 16.5. The summed E-state index contributed by atoms with van der Waals surface area (Å²) in [6.07, 6.45) is 5.86. The van der Waals surface area contributed by atoms with Crippen molar-refractivity contribution < 1.29 is 14.2 Å². The van der Waals surface area contributed by atoms with Gasteiger partial charge in [-0.2, -0.15) is 0 Å². The lowest BCUT2D eigenvalue weighted by Gasteiger charge is -2.42. The predicted octanol–water partition coefficient (Wildman–Crippen LogP) is 3.40. The van der Waals surface area contributed by atoms with Gasteiger partial charge in [0.2, 0.25) is 0 Å². The van der Waals surface area contributed by atoms with Crippen LogP contribution in [0, 0.1) is 5.41 Å². The molecule has 0 saturated heterocycles. The molecule has 0 amide bonds. The van der Waals surface area contributed by atoms with Crippen LogP contribution in [0.3, 0.4) is 0 Å². The molecule has 1 aromatic rings. The van der Waals surface area contributed by atoms with Gasteiger partial charge in [0.15, 0.2) is 17.5 Å². The van der Waals surface area contributed by atoms with E-state index in [9.17, 15) is 0 Å². The zero-order valence-electron chi connectivity index (χ0n) is 18.0. The smallest absolute Gasteiger partial charge is 0.191 e. The molecule has 1 fully saturated rings. The zero-order chi connectivity index (χ0) is 20.2. The van der Waals surface area contributed by atoms with Crippen LogP contribution in [-0.2, 0) is 11.2 Å². The number of nitrogens with one attached hydrogen (secondary N) is 2.